The van der Waals surface area contributed by atoms with Crippen LogP contribution in [0, 0.1) is 0 Å². The zero-order chi connectivity index (χ0) is 19.3. The molecule has 0 unspecified atom stereocenters. The lowest BCUT2D eigenvalue weighted by Gasteiger charge is -2.21. The summed E-state index contributed by atoms with van der Waals surface area (Å²) in [4.78, 5) is 23.2. The van der Waals surface area contributed by atoms with Gasteiger partial charge >= 0.3 is 0 Å². The van der Waals surface area contributed by atoms with Crippen LogP contribution in [0.25, 0.3) is 11.0 Å². The highest BCUT2D eigenvalue weighted by Crippen LogP contribution is 2.36. The number of hydrogen-bond acceptors (Lipinski definition) is 4. The molecule has 1 saturated heterocycles. The third-order valence-electron chi connectivity index (χ3n) is 5.91. The minimum Gasteiger partial charge on any atom is -0.372 e. The Morgan fingerprint density at radius 1 is 1.21 bits per heavy atom. The lowest BCUT2D eigenvalue weighted by atomic mass is 9.89. The lowest BCUT2D eigenvalue weighted by molar-refractivity contribution is -0.120. The predicted octanol–water partition coefficient (Wildman–Crippen LogP) is 4.58. The summed E-state index contributed by atoms with van der Waals surface area (Å²) in [6, 6.07) is 4.20. The van der Waals surface area contributed by atoms with Gasteiger partial charge in [0.25, 0.3) is 0 Å². The summed E-state index contributed by atoms with van der Waals surface area (Å²) in [6.45, 7) is 4.81. The topological polar surface area (TPSA) is 70.2 Å². The third-order valence-corrected chi connectivity index (χ3v) is 5.91. The van der Waals surface area contributed by atoms with Gasteiger partial charge in [0.05, 0.1) is 22.4 Å². The van der Waals surface area contributed by atoms with E-state index in [-0.39, 0.29) is 12.5 Å². The van der Waals surface area contributed by atoms with E-state index in [1.807, 2.05) is 13.0 Å². The second-order valence-corrected chi connectivity index (χ2v) is 8.14. The smallest absolute Gasteiger partial charge is 0.250 e. The Morgan fingerprint density at radius 2 is 2.00 bits per heavy atom. The molecule has 0 radical (unpaired) electrons. The summed E-state index contributed by atoms with van der Waals surface area (Å²) in [5.41, 5.74) is 3.95. The fourth-order valence-electron chi connectivity index (χ4n) is 4.45. The fraction of sp³-hybridized carbons (Fsp3) is 0.636. The molecular formula is C22H32N4O2. The zero-order valence-electron chi connectivity index (χ0n) is 16.9. The molecule has 1 aliphatic heterocycles. The first-order chi connectivity index (χ1) is 13.7. The first-order valence-electron chi connectivity index (χ1n) is 10.9. The molecule has 4 rings (SSSR count). The minimum atomic E-state index is -0.101. The number of carbonyl (C=O) groups excluding carboxylic acids is 1. The van der Waals surface area contributed by atoms with Gasteiger partial charge in [0.15, 0.2) is 0 Å². The van der Waals surface area contributed by atoms with Crippen molar-refractivity contribution in [1.82, 2.24) is 9.97 Å². The van der Waals surface area contributed by atoms with E-state index in [2.05, 4.69) is 21.3 Å². The van der Waals surface area contributed by atoms with Crippen LogP contribution in [0.2, 0.25) is 0 Å². The summed E-state index contributed by atoms with van der Waals surface area (Å²) in [5.74, 6) is 1.55. The van der Waals surface area contributed by atoms with Crippen molar-refractivity contribution in [3.05, 3.63) is 18.0 Å². The summed E-state index contributed by atoms with van der Waals surface area (Å²) in [5, 5.41) is 3.07. The molecule has 2 heterocycles. The second kappa shape index (κ2) is 8.95. The van der Waals surface area contributed by atoms with Crippen LogP contribution in [-0.4, -0.2) is 42.2 Å². The fourth-order valence-corrected chi connectivity index (χ4v) is 4.45. The van der Waals surface area contributed by atoms with Crippen molar-refractivity contribution in [2.24, 2.45) is 0 Å². The molecule has 1 aromatic carbocycles. The Kier molecular flexibility index (Phi) is 6.15. The van der Waals surface area contributed by atoms with Gasteiger partial charge < -0.3 is 19.9 Å². The Hall–Kier alpha value is -2.08. The highest BCUT2D eigenvalue weighted by Gasteiger charge is 2.22. The van der Waals surface area contributed by atoms with Gasteiger partial charge in [-0.25, -0.2) is 4.98 Å². The zero-order valence-corrected chi connectivity index (χ0v) is 16.9. The van der Waals surface area contributed by atoms with E-state index in [4.69, 9.17) is 9.72 Å². The molecular weight excluding hydrogens is 352 g/mol. The average molecular weight is 385 g/mol. The number of ether oxygens (including phenoxy) is 1. The number of benzene rings is 1. The highest BCUT2D eigenvalue weighted by atomic mass is 16.5. The third kappa shape index (κ3) is 4.32. The van der Waals surface area contributed by atoms with Crippen molar-refractivity contribution in [2.45, 2.75) is 64.2 Å². The van der Waals surface area contributed by atoms with Crippen LogP contribution < -0.4 is 10.2 Å². The molecule has 152 valence electrons. The van der Waals surface area contributed by atoms with E-state index in [1.165, 1.54) is 44.9 Å². The van der Waals surface area contributed by atoms with E-state index in [1.54, 1.807) is 0 Å². The molecule has 1 aromatic heterocycles. The van der Waals surface area contributed by atoms with Crippen LogP contribution >= 0.6 is 0 Å². The molecule has 2 fully saturated rings. The van der Waals surface area contributed by atoms with Crippen LogP contribution in [0.3, 0.4) is 0 Å². The molecule has 0 bridgehead atoms. The molecule has 2 aliphatic rings. The van der Waals surface area contributed by atoms with Gasteiger partial charge in [-0.3, -0.25) is 4.79 Å². The maximum absolute atomic E-state index is 12.4. The number of aromatic nitrogens is 2. The van der Waals surface area contributed by atoms with Crippen LogP contribution in [0.1, 0.15) is 70.0 Å². The van der Waals surface area contributed by atoms with Gasteiger partial charge in [-0.1, -0.05) is 26.2 Å². The number of rotatable bonds is 7. The van der Waals surface area contributed by atoms with E-state index < -0.39 is 0 Å². The number of imidazole rings is 1. The number of amides is 1. The Balaban J connectivity index is 1.61. The maximum Gasteiger partial charge on any atom is 0.250 e. The van der Waals surface area contributed by atoms with Gasteiger partial charge in [-0.05, 0) is 44.2 Å². The number of aromatic amines is 1. The molecule has 2 N–H and O–H groups in total. The van der Waals surface area contributed by atoms with Gasteiger partial charge in [0.2, 0.25) is 5.91 Å². The van der Waals surface area contributed by atoms with Crippen molar-refractivity contribution in [1.29, 1.82) is 0 Å². The first kappa shape index (κ1) is 19.2. The van der Waals surface area contributed by atoms with Crippen LogP contribution in [0.4, 0.5) is 11.4 Å². The standard InChI is InChI=1S/C22H32N4O2/c1-2-12-28-15-21(27)23-19-13-17-18(14-20(19)26-10-6-7-11-26)25-22(24-17)16-8-4-3-5-9-16/h13-14,16H,2-12,15H2,1H3,(H,23,27)(H,24,25). The monoisotopic (exact) mass is 384 g/mol. The largest absolute Gasteiger partial charge is 0.372 e. The number of fused-ring (bicyclic) bond motifs is 1. The summed E-state index contributed by atoms with van der Waals surface area (Å²) in [7, 11) is 0. The molecule has 6 heteroatoms. The molecule has 1 saturated carbocycles. The average Bonchev–Trinajstić information content (AvgIpc) is 3.38. The molecule has 1 amide bonds. The SMILES string of the molecule is CCCOCC(=O)Nc1cc2nc(C3CCCCC3)[nH]c2cc1N1CCCC1. The van der Waals surface area contributed by atoms with Gasteiger partial charge in [-0.15, -0.1) is 0 Å². The second-order valence-electron chi connectivity index (χ2n) is 8.14. The number of carbonyl (C=O) groups is 1. The molecule has 0 spiro atoms. The number of nitrogens with one attached hydrogen (secondary N) is 2. The Morgan fingerprint density at radius 3 is 2.75 bits per heavy atom. The summed E-state index contributed by atoms with van der Waals surface area (Å²) >= 11 is 0. The van der Waals surface area contributed by atoms with E-state index >= 15 is 0 Å². The summed E-state index contributed by atoms with van der Waals surface area (Å²) in [6.07, 6.45) is 9.66. The van der Waals surface area contributed by atoms with E-state index in [9.17, 15) is 4.79 Å². The van der Waals surface area contributed by atoms with Crippen LogP contribution in [0.15, 0.2) is 12.1 Å². The van der Waals surface area contributed by atoms with Crippen molar-refractivity contribution in [3.63, 3.8) is 0 Å². The normalized spacial score (nSPS) is 18.1. The van der Waals surface area contributed by atoms with Crippen LogP contribution in [-0.2, 0) is 9.53 Å². The Bertz CT molecular complexity index is 804. The van der Waals surface area contributed by atoms with Gasteiger partial charge in [0.1, 0.15) is 12.4 Å². The van der Waals surface area contributed by atoms with Crippen molar-refractivity contribution >= 4 is 28.3 Å². The lowest BCUT2D eigenvalue weighted by Crippen LogP contribution is -2.23. The quantitative estimate of drug-likeness (QED) is 0.686. The maximum atomic E-state index is 12.4. The number of nitrogens with zero attached hydrogens (tertiary/aromatic N) is 2. The molecule has 0 atom stereocenters. The number of H-pyrrole nitrogens is 1. The molecule has 1 aliphatic carbocycles. The van der Waals surface area contributed by atoms with Crippen LogP contribution in [0.5, 0.6) is 0 Å². The van der Waals surface area contributed by atoms with Gasteiger partial charge in [0, 0.05) is 25.6 Å². The number of hydrogen-bond donors (Lipinski definition) is 2. The minimum absolute atomic E-state index is 0.0964. The molecule has 2 aromatic rings. The van der Waals surface area contributed by atoms with Crippen molar-refractivity contribution < 1.29 is 9.53 Å². The molecule has 28 heavy (non-hydrogen) atoms. The first-order valence-corrected chi connectivity index (χ1v) is 10.9. The van der Waals surface area contributed by atoms with Crippen molar-refractivity contribution in [3.8, 4) is 0 Å². The number of anilines is 2. The summed E-state index contributed by atoms with van der Waals surface area (Å²) < 4.78 is 5.41. The van der Waals surface area contributed by atoms with Crippen molar-refractivity contribution in [2.75, 3.05) is 36.5 Å². The van der Waals surface area contributed by atoms with Gasteiger partial charge in [-0.2, -0.15) is 0 Å². The highest BCUT2D eigenvalue weighted by molar-refractivity contribution is 5.99. The Labute approximate surface area is 167 Å². The molecule has 6 nitrogen and oxygen atoms in total. The van der Waals surface area contributed by atoms with E-state index in [0.29, 0.717) is 12.5 Å². The van der Waals surface area contributed by atoms with E-state index in [0.717, 1.165) is 47.7 Å². The predicted molar refractivity (Wildman–Crippen MR) is 113 cm³/mol.